The molecule has 4 nitrogen and oxygen atoms in total. The molecule has 5 heteroatoms. The summed E-state index contributed by atoms with van der Waals surface area (Å²) in [6.45, 7) is 3.35. The lowest BCUT2D eigenvalue weighted by atomic mass is 10.2. The lowest BCUT2D eigenvalue weighted by Gasteiger charge is -2.06. The molecule has 0 saturated heterocycles. The predicted molar refractivity (Wildman–Crippen MR) is 59.1 cm³/mol. The zero-order valence-electron chi connectivity index (χ0n) is 9.17. The van der Waals surface area contributed by atoms with E-state index in [0.717, 1.165) is 5.56 Å². The molecule has 1 unspecified atom stereocenters. The Morgan fingerprint density at radius 3 is 2.44 bits per heavy atom. The van der Waals surface area contributed by atoms with Gasteiger partial charge in [0.2, 0.25) is 0 Å². The van der Waals surface area contributed by atoms with E-state index < -0.39 is 16.0 Å². The molecule has 1 atom stereocenters. The molecule has 0 radical (unpaired) electrons. The first-order valence-corrected chi connectivity index (χ1v) is 6.22. The highest BCUT2D eigenvalue weighted by Crippen LogP contribution is 2.14. The molecule has 0 aliphatic carbocycles. The summed E-state index contributed by atoms with van der Waals surface area (Å²) in [5.41, 5.74) is 0.976. The minimum Gasteiger partial charge on any atom is -0.265 e. The second-order valence-corrected chi connectivity index (χ2v) is 5.20. The Hall–Kier alpha value is -1.38. The van der Waals surface area contributed by atoms with Crippen LogP contribution in [-0.4, -0.2) is 15.0 Å². The molecule has 0 heterocycles. The number of hydrogen-bond acceptors (Lipinski definition) is 4. The van der Waals surface area contributed by atoms with Crippen molar-refractivity contribution >= 4 is 10.1 Å². The summed E-state index contributed by atoms with van der Waals surface area (Å²) in [6.07, 6.45) is 0. The van der Waals surface area contributed by atoms with Gasteiger partial charge < -0.3 is 0 Å². The Balaban J connectivity index is 2.79. The van der Waals surface area contributed by atoms with Crippen molar-refractivity contribution in [3.8, 4) is 6.07 Å². The largest absolute Gasteiger partial charge is 0.297 e. The van der Waals surface area contributed by atoms with Crippen LogP contribution in [0.25, 0.3) is 0 Å². The smallest absolute Gasteiger partial charge is 0.265 e. The normalized spacial score (nSPS) is 13.1. The van der Waals surface area contributed by atoms with E-state index in [2.05, 4.69) is 0 Å². The number of rotatable bonds is 4. The number of aryl methyl sites for hydroxylation is 1. The molecule has 0 aliphatic rings. The first-order chi connectivity index (χ1) is 7.45. The van der Waals surface area contributed by atoms with Crippen LogP contribution in [0.4, 0.5) is 0 Å². The van der Waals surface area contributed by atoms with Gasteiger partial charge in [-0.15, -0.1) is 0 Å². The number of nitriles is 1. The number of nitrogens with zero attached hydrogens (tertiary/aromatic N) is 1. The number of benzene rings is 1. The fraction of sp³-hybridized carbons (Fsp3) is 0.364. The molecule has 0 spiro atoms. The molecule has 1 aromatic carbocycles. The standard InChI is InChI=1S/C11H13NO3S/c1-9-3-5-11(6-4-9)16(13,14)15-8-10(2)7-12/h3-6,10H,8H2,1-2H3. The van der Waals surface area contributed by atoms with Gasteiger partial charge in [0.25, 0.3) is 10.1 Å². The fourth-order valence-electron chi connectivity index (χ4n) is 1.00. The zero-order valence-corrected chi connectivity index (χ0v) is 9.99. The maximum absolute atomic E-state index is 11.6. The van der Waals surface area contributed by atoms with E-state index in [-0.39, 0.29) is 11.5 Å². The Morgan fingerprint density at radius 1 is 1.38 bits per heavy atom. The summed E-state index contributed by atoms with van der Waals surface area (Å²) in [4.78, 5) is 0.114. The van der Waals surface area contributed by atoms with E-state index in [1.54, 1.807) is 19.1 Å². The minimum absolute atomic E-state index is 0.114. The molecule has 0 amide bonds. The van der Waals surface area contributed by atoms with Crippen LogP contribution >= 0.6 is 0 Å². The van der Waals surface area contributed by atoms with E-state index >= 15 is 0 Å². The van der Waals surface area contributed by atoms with E-state index in [1.165, 1.54) is 12.1 Å². The second-order valence-electron chi connectivity index (χ2n) is 3.58. The first-order valence-electron chi connectivity index (χ1n) is 4.81. The SMILES string of the molecule is Cc1ccc(S(=O)(=O)OCC(C)C#N)cc1. The van der Waals surface area contributed by atoms with Crippen molar-refractivity contribution in [2.75, 3.05) is 6.61 Å². The van der Waals surface area contributed by atoms with Crippen LogP contribution in [0.5, 0.6) is 0 Å². The van der Waals surface area contributed by atoms with Crippen LogP contribution in [0.2, 0.25) is 0 Å². The van der Waals surface area contributed by atoms with E-state index in [4.69, 9.17) is 9.44 Å². The van der Waals surface area contributed by atoms with E-state index in [0.29, 0.717) is 0 Å². The monoisotopic (exact) mass is 239 g/mol. The van der Waals surface area contributed by atoms with Gasteiger partial charge in [0.15, 0.2) is 0 Å². The average Bonchev–Trinajstić information content (AvgIpc) is 2.26. The van der Waals surface area contributed by atoms with Gasteiger partial charge in [-0.3, -0.25) is 4.18 Å². The van der Waals surface area contributed by atoms with Crippen molar-refractivity contribution in [1.29, 1.82) is 5.26 Å². The first kappa shape index (κ1) is 12.7. The van der Waals surface area contributed by atoms with Crippen LogP contribution in [0.1, 0.15) is 12.5 Å². The summed E-state index contributed by atoms with van der Waals surface area (Å²) < 4.78 is 28.0. The second kappa shape index (κ2) is 5.10. The predicted octanol–water partition coefficient (Wildman–Crippen LogP) is 1.86. The van der Waals surface area contributed by atoms with Gasteiger partial charge >= 0.3 is 0 Å². The molecule has 0 aromatic heterocycles. The van der Waals surface area contributed by atoms with E-state index in [1.807, 2.05) is 13.0 Å². The molecule has 0 fully saturated rings. The van der Waals surface area contributed by atoms with Gasteiger partial charge in [-0.1, -0.05) is 17.7 Å². The van der Waals surface area contributed by atoms with Gasteiger partial charge in [0.1, 0.15) is 0 Å². The van der Waals surface area contributed by atoms with Crippen molar-refractivity contribution < 1.29 is 12.6 Å². The highest BCUT2D eigenvalue weighted by Gasteiger charge is 2.16. The quantitative estimate of drug-likeness (QED) is 0.752. The van der Waals surface area contributed by atoms with Crippen molar-refractivity contribution in [2.45, 2.75) is 18.7 Å². The lowest BCUT2D eigenvalue weighted by Crippen LogP contribution is -2.11. The summed E-state index contributed by atoms with van der Waals surface area (Å²) in [6, 6.07) is 8.28. The highest BCUT2D eigenvalue weighted by molar-refractivity contribution is 7.86. The minimum atomic E-state index is -3.73. The van der Waals surface area contributed by atoms with Crippen molar-refractivity contribution in [3.05, 3.63) is 29.8 Å². The van der Waals surface area contributed by atoms with E-state index in [9.17, 15) is 8.42 Å². The molecule has 0 saturated carbocycles. The van der Waals surface area contributed by atoms with Gasteiger partial charge in [0, 0.05) is 0 Å². The molecule has 86 valence electrons. The summed E-state index contributed by atoms with van der Waals surface area (Å²) >= 11 is 0. The Morgan fingerprint density at radius 2 is 1.94 bits per heavy atom. The number of hydrogen-bond donors (Lipinski definition) is 0. The van der Waals surface area contributed by atoms with Crippen LogP contribution in [0.15, 0.2) is 29.2 Å². The molecule has 0 bridgehead atoms. The topological polar surface area (TPSA) is 67.2 Å². The third-order valence-electron chi connectivity index (χ3n) is 2.00. The van der Waals surface area contributed by atoms with Crippen LogP contribution in [0, 0.1) is 24.2 Å². The van der Waals surface area contributed by atoms with Crippen LogP contribution in [-0.2, 0) is 14.3 Å². The summed E-state index contributed by atoms with van der Waals surface area (Å²) in [5, 5.41) is 8.51. The zero-order chi connectivity index (χ0) is 12.2. The van der Waals surface area contributed by atoms with Crippen molar-refractivity contribution in [3.63, 3.8) is 0 Å². The third-order valence-corrected chi connectivity index (χ3v) is 3.30. The molecule has 0 N–H and O–H groups in total. The molecular weight excluding hydrogens is 226 g/mol. The van der Waals surface area contributed by atoms with Gasteiger partial charge in [-0.2, -0.15) is 13.7 Å². The molecule has 0 aliphatic heterocycles. The molecular formula is C11H13NO3S. The molecule has 16 heavy (non-hydrogen) atoms. The van der Waals surface area contributed by atoms with Crippen LogP contribution < -0.4 is 0 Å². The third kappa shape index (κ3) is 3.33. The van der Waals surface area contributed by atoms with Crippen molar-refractivity contribution in [2.24, 2.45) is 5.92 Å². The van der Waals surface area contributed by atoms with Crippen molar-refractivity contribution in [1.82, 2.24) is 0 Å². The summed E-state index contributed by atoms with van der Waals surface area (Å²) in [7, 11) is -3.73. The van der Waals surface area contributed by atoms with Crippen LogP contribution in [0.3, 0.4) is 0 Å². The molecule has 1 aromatic rings. The van der Waals surface area contributed by atoms with Gasteiger partial charge in [-0.05, 0) is 26.0 Å². The highest BCUT2D eigenvalue weighted by atomic mass is 32.2. The van der Waals surface area contributed by atoms with Gasteiger partial charge in [-0.25, -0.2) is 0 Å². The van der Waals surface area contributed by atoms with Gasteiger partial charge in [0.05, 0.1) is 23.5 Å². The lowest BCUT2D eigenvalue weighted by molar-refractivity contribution is 0.291. The Kier molecular flexibility index (Phi) is 4.05. The maximum Gasteiger partial charge on any atom is 0.297 e. The Labute approximate surface area is 95.6 Å². The fourth-order valence-corrected chi connectivity index (χ4v) is 1.99. The maximum atomic E-state index is 11.6. The average molecular weight is 239 g/mol. The Bertz CT molecular complexity index is 485. The molecule has 1 rings (SSSR count). The summed E-state index contributed by atoms with van der Waals surface area (Å²) in [5.74, 6) is -0.444.